The van der Waals surface area contributed by atoms with E-state index in [0.29, 0.717) is 11.7 Å². The van der Waals surface area contributed by atoms with Gasteiger partial charge < -0.3 is 15.8 Å². The molecular formula is C11H18N2O. The summed E-state index contributed by atoms with van der Waals surface area (Å²) in [6, 6.07) is 6.19. The molecule has 0 heterocycles. The van der Waals surface area contributed by atoms with Crippen LogP contribution in [0.5, 0.6) is 5.75 Å². The highest BCUT2D eigenvalue weighted by atomic mass is 16.5. The summed E-state index contributed by atoms with van der Waals surface area (Å²) in [4.78, 5) is 0. The highest BCUT2D eigenvalue weighted by molar-refractivity contribution is 5.61. The second-order valence-electron chi connectivity index (χ2n) is 3.41. The van der Waals surface area contributed by atoms with Gasteiger partial charge in [0.15, 0.2) is 0 Å². The summed E-state index contributed by atoms with van der Waals surface area (Å²) in [7, 11) is 1.62. The Hall–Kier alpha value is -1.38. The highest BCUT2D eigenvalue weighted by Crippen LogP contribution is 2.25. The molecule has 1 rings (SSSR count). The van der Waals surface area contributed by atoms with Crippen LogP contribution in [0, 0.1) is 0 Å². The maximum absolute atomic E-state index is 5.71. The molecule has 1 aromatic carbocycles. The molecule has 1 unspecified atom stereocenters. The number of hydrogen-bond donors (Lipinski definition) is 2. The average Bonchev–Trinajstić information content (AvgIpc) is 2.20. The third kappa shape index (κ3) is 2.55. The predicted molar refractivity (Wildman–Crippen MR) is 60.8 cm³/mol. The number of hydrogen-bond acceptors (Lipinski definition) is 3. The lowest BCUT2D eigenvalue weighted by Crippen LogP contribution is -2.13. The first-order valence-corrected chi connectivity index (χ1v) is 4.87. The summed E-state index contributed by atoms with van der Waals surface area (Å²) in [5.74, 6) is 0.721. The molecule has 0 aromatic heterocycles. The van der Waals surface area contributed by atoms with Crippen molar-refractivity contribution < 1.29 is 4.74 Å². The molecular weight excluding hydrogens is 176 g/mol. The van der Waals surface area contributed by atoms with Crippen molar-refractivity contribution in [1.29, 1.82) is 0 Å². The van der Waals surface area contributed by atoms with E-state index in [1.54, 1.807) is 7.11 Å². The lowest BCUT2D eigenvalue weighted by atomic mass is 10.2. The van der Waals surface area contributed by atoms with Gasteiger partial charge in [0.1, 0.15) is 5.75 Å². The summed E-state index contributed by atoms with van der Waals surface area (Å²) < 4.78 is 5.14. The van der Waals surface area contributed by atoms with Gasteiger partial charge in [-0.15, -0.1) is 0 Å². The Balaban J connectivity index is 2.79. The molecule has 14 heavy (non-hydrogen) atoms. The second-order valence-corrected chi connectivity index (χ2v) is 3.41. The van der Waals surface area contributed by atoms with E-state index in [9.17, 15) is 0 Å². The van der Waals surface area contributed by atoms with Crippen LogP contribution in [-0.4, -0.2) is 13.2 Å². The lowest BCUT2D eigenvalue weighted by Gasteiger charge is -2.14. The molecule has 0 aliphatic rings. The maximum atomic E-state index is 5.71. The number of rotatable bonds is 4. The summed E-state index contributed by atoms with van der Waals surface area (Å²) >= 11 is 0. The van der Waals surface area contributed by atoms with E-state index in [1.165, 1.54) is 0 Å². The number of benzene rings is 1. The fourth-order valence-corrected chi connectivity index (χ4v) is 1.19. The quantitative estimate of drug-likeness (QED) is 0.724. The normalized spacial score (nSPS) is 12.2. The van der Waals surface area contributed by atoms with Crippen LogP contribution in [0.25, 0.3) is 0 Å². The zero-order valence-corrected chi connectivity index (χ0v) is 9.00. The average molecular weight is 194 g/mol. The van der Waals surface area contributed by atoms with Crippen molar-refractivity contribution in [2.45, 2.75) is 26.3 Å². The van der Waals surface area contributed by atoms with Crippen molar-refractivity contribution in [3.05, 3.63) is 18.2 Å². The van der Waals surface area contributed by atoms with Crippen molar-refractivity contribution in [3.8, 4) is 5.75 Å². The Morgan fingerprint density at radius 2 is 2.21 bits per heavy atom. The first-order valence-electron chi connectivity index (χ1n) is 4.87. The molecule has 3 nitrogen and oxygen atoms in total. The number of ether oxygens (including phenoxy) is 1. The first-order chi connectivity index (χ1) is 6.67. The van der Waals surface area contributed by atoms with Gasteiger partial charge >= 0.3 is 0 Å². The third-order valence-corrected chi connectivity index (χ3v) is 2.26. The molecule has 0 saturated carbocycles. The molecule has 0 radical (unpaired) electrons. The second kappa shape index (κ2) is 4.74. The third-order valence-electron chi connectivity index (χ3n) is 2.26. The number of nitrogens with two attached hydrogens (primary N) is 1. The Labute approximate surface area is 85.3 Å². The van der Waals surface area contributed by atoms with Crippen LogP contribution in [-0.2, 0) is 0 Å². The standard InChI is InChI=1S/C11H18N2O/c1-4-8(2)13-9-5-6-10(12)11(7-9)14-3/h5-8,13H,4,12H2,1-3H3. The van der Waals surface area contributed by atoms with Gasteiger partial charge in [0.2, 0.25) is 0 Å². The van der Waals surface area contributed by atoms with Crippen molar-refractivity contribution in [2.24, 2.45) is 0 Å². The molecule has 0 aliphatic heterocycles. The number of anilines is 2. The minimum atomic E-state index is 0.461. The van der Waals surface area contributed by atoms with Crippen LogP contribution in [0.4, 0.5) is 11.4 Å². The molecule has 1 aromatic rings. The van der Waals surface area contributed by atoms with Gasteiger partial charge in [-0.1, -0.05) is 6.92 Å². The Kier molecular flexibility index (Phi) is 3.63. The molecule has 0 amide bonds. The summed E-state index contributed by atoms with van der Waals surface area (Å²) in [5.41, 5.74) is 7.43. The molecule has 0 saturated heterocycles. The minimum Gasteiger partial charge on any atom is -0.495 e. The molecule has 0 aliphatic carbocycles. The van der Waals surface area contributed by atoms with Gasteiger partial charge in [-0.25, -0.2) is 0 Å². The van der Waals surface area contributed by atoms with Gasteiger partial charge in [-0.2, -0.15) is 0 Å². The van der Waals surface area contributed by atoms with Gasteiger partial charge in [0.25, 0.3) is 0 Å². The van der Waals surface area contributed by atoms with Gasteiger partial charge in [0, 0.05) is 17.8 Å². The van der Waals surface area contributed by atoms with Crippen molar-refractivity contribution >= 4 is 11.4 Å². The van der Waals surface area contributed by atoms with E-state index in [0.717, 1.165) is 17.9 Å². The van der Waals surface area contributed by atoms with Gasteiger partial charge in [0.05, 0.1) is 12.8 Å². The van der Waals surface area contributed by atoms with Crippen LogP contribution in [0.1, 0.15) is 20.3 Å². The smallest absolute Gasteiger partial charge is 0.143 e. The fraction of sp³-hybridized carbons (Fsp3) is 0.455. The SMILES string of the molecule is CCC(C)Nc1ccc(N)c(OC)c1. The van der Waals surface area contributed by atoms with Gasteiger partial charge in [-0.3, -0.25) is 0 Å². The van der Waals surface area contributed by atoms with Crippen molar-refractivity contribution in [1.82, 2.24) is 0 Å². The van der Waals surface area contributed by atoms with Crippen molar-refractivity contribution in [3.63, 3.8) is 0 Å². The Bertz CT molecular complexity index is 299. The number of nitrogens with one attached hydrogen (secondary N) is 1. The van der Waals surface area contributed by atoms with Crippen LogP contribution in [0.3, 0.4) is 0 Å². The van der Waals surface area contributed by atoms with Crippen LogP contribution in [0.15, 0.2) is 18.2 Å². The van der Waals surface area contributed by atoms with E-state index in [1.807, 2.05) is 18.2 Å². The van der Waals surface area contributed by atoms with Crippen LogP contribution in [0.2, 0.25) is 0 Å². The summed E-state index contributed by atoms with van der Waals surface area (Å²) in [6.07, 6.45) is 1.09. The zero-order chi connectivity index (χ0) is 10.6. The Morgan fingerprint density at radius 1 is 1.50 bits per heavy atom. The van der Waals surface area contributed by atoms with E-state index in [2.05, 4.69) is 19.2 Å². The van der Waals surface area contributed by atoms with Crippen molar-refractivity contribution in [2.75, 3.05) is 18.2 Å². The van der Waals surface area contributed by atoms with E-state index in [4.69, 9.17) is 10.5 Å². The monoisotopic (exact) mass is 194 g/mol. The highest BCUT2D eigenvalue weighted by Gasteiger charge is 2.02. The minimum absolute atomic E-state index is 0.461. The molecule has 78 valence electrons. The summed E-state index contributed by atoms with van der Waals surface area (Å²) in [6.45, 7) is 4.29. The van der Waals surface area contributed by atoms with E-state index >= 15 is 0 Å². The number of methoxy groups -OCH3 is 1. The van der Waals surface area contributed by atoms with Crippen LogP contribution < -0.4 is 15.8 Å². The fourth-order valence-electron chi connectivity index (χ4n) is 1.19. The molecule has 3 N–H and O–H groups in total. The van der Waals surface area contributed by atoms with Crippen LogP contribution >= 0.6 is 0 Å². The lowest BCUT2D eigenvalue weighted by molar-refractivity contribution is 0.417. The van der Waals surface area contributed by atoms with E-state index < -0.39 is 0 Å². The molecule has 0 bridgehead atoms. The predicted octanol–water partition coefficient (Wildman–Crippen LogP) is 2.49. The zero-order valence-electron chi connectivity index (χ0n) is 9.00. The summed E-state index contributed by atoms with van der Waals surface area (Å²) in [5, 5.41) is 3.36. The molecule has 1 atom stereocenters. The number of nitrogen functional groups attached to an aromatic ring is 1. The topological polar surface area (TPSA) is 47.3 Å². The van der Waals surface area contributed by atoms with E-state index in [-0.39, 0.29) is 0 Å². The van der Waals surface area contributed by atoms with Gasteiger partial charge in [-0.05, 0) is 25.5 Å². The maximum Gasteiger partial charge on any atom is 0.143 e. The molecule has 0 spiro atoms. The Morgan fingerprint density at radius 3 is 2.79 bits per heavy atom. The first kappa shape index (κ1) is 10.7. The largest absolute Gasteiger partial charge is 0.495 e. The molecule has 3 heteroatoms. The molecule has 0 fully saturated rings.